The van der Waals surface area contributed by atoms with Crippen LogP contribution in [0.4, 0.5) is 0 Å². The van der Waals surface area contributed by atoms with E-state index >= 15 is 0 Å². The first-order chi connectivity index (χ1) is 4.80. The number of amides is 1. The van der Waals surface area contributed by atoms with Gasteiger partial charge < -0.3 is 4.90 Å². The maximum absolute atomic E-state index is 11.0. The molecule has 11 heavy (non-hydrogen) atoms. The maximum atomic E-state index is 11.0. The number of carbonyl (C=O) groups is 2. The normalized spacial score (nSPS) is 11.0. The van der Waals surface area contributed by atoms with E-state index in [9.17, 15) is 9.59 Å². The summed E-state index contributed by atoms with van der Waals surface area (Å²) in [6, 6.07) is 0. The van der Waals surface area contributed by atoms with Gasteiger partial charge in [-0.05, 0) is 20.8 Å². The molecule has 3 nitrogen and oxygen atoms in total. The van der Waals surface area contributed by atoms with Crippen molar-refractivity contribution in [2.24, 2.45) is 0 Å². The average molecular weight is 157 g/mol. The van der Waals surface area contributed by atoms with E-state index in [1.165, 1.54) is 18.7 Å². The van der Waals surface area contributed by atoms with Crippen molar-refractivity contribution in [3.63, 3.8) is 0 Å². The molecule has 64 valence electrons. The lowest BCUT2D eigenvalue weighted by Gasteiger charge is -2.32. The molecule has 0 aliphatic rings. The molecule has 0 bridgehead atoms. The predicted octanol–water partition coefficient (Wildman–Crippen LogP) is 0.832. The molecule has 1 amide bonds. The number of Topliss-reactive ketones (excluding diaryl/α,β-unsaturated/α-hetero) is 1. The van der Waals surface area contributed by atoms with Gasteiger partial charge >= 0.3 is 0 Å². The van der Waals surface area contributed by atoms with Gasteiger partial charge in [0.2, 0.25) is 5.91 Å². The van der Waals surface area contributed by atoms with Crippen LogP contribution in [-0.2, 0) is 9.59 Å². The van der Waals surface area contributed by atoms with Crippen molar-refractivity contribution in [2.45, 2.75) is 33.2 Å². The predicted molar refractivity (Wildman–Crippen MR) is 43.2 cm³/mol. The van der Waals surface area contributed by atoms with E-state index in [-0.39, 0.29) is 11.7 Å². The summed E-state index contributed by atoms with van der Waals surface area (Å²) in [5, 5.41) is 0. The van der Waals surface area contributed by atoms with Crippen molar-refractivity contribution >= 4 is 11.7 Å². The summed E-state index contributed by atoms with van der Waals surface area (Å²) in [6.45, 7) is 6.40. The van der Waals surface area contributed by atoms with Crippen LogP contribution in [0.5, 0.6) is 0 Å². The van der Waals surface area contributed by atoms with Crippen LogP contribution < -0.4 is 0 Å². The number of rotatable bonds is 2. The largest absolute Gasteiger partial charge is 0.334 e. The molecule has 0 spiro atoms. The summed E-state index contributed by atoms with van der Waals surface area (Å²) in [4.78, 5) is 23.3. The number of hydrogen-bond acceptors (Lipinski definition) is 2. The fraction of sp³-hybridized carbons (Fsp3) is 0.750. The number of hydrogen-bond donors (Lipinski definition) is 0. The fourth-order valence-corrected chi connectivity index (χ4v) is 0.630. The fourth-order valence-electron chi connectivity index (χ4n) is 0.630. The molecule has 0 aromatic carbocycles. The molecular weight excluding hydrogens is 142 g/mol. The molecule has 3 heteroatoms. The molecular formula is C8H15NO2. The summed E-state index contributed by atoms with van der Waals surface area (Å²) in [7, 11) is 1.63. The van der Waals surface area contributed by atoms with Gasteiger partial charge in [0.1, 0.15) is 0 Å². The first kappa shape index (κ1) is 10.1. The number of ketones is 1. The second kappa shape index (κ2) is 3.03. The van der Waals surface area contributed by atoms with E-state index in [1.807, 2.05) is 0 Å². The third-order valence-corrected chi connectivity index (χ3v) is 2.17. The lowest BCUT2D eigenvalue weighted by Crippen LogP contribution is -2.48. The summed E-state index contributed by atoms with van der Waals surface area (Å²) in [6.07, 6.45) is 0. The lowest BCUT2D eigenvalue weighted by atomic mass is 9.98. The van der Waals surface area contributed by atoms with E-state index < -0.39 is 5.54 Å². The second-order valence-electron chi connectivity index (χ2n) is 3.19. The Hall–Kier alpha value is -0.860. The molecule has 0 heterocycles. The van der Waals surface area contributed by atoms with Crippen molar-refractivity contribution in [1.29, 1.82) is 0 Å². The number of carbonyl (C=O) groups excluding carboxylic acids is 2. The smallest absolute Gasteiger partial charge is 0.219 e. The minimum Gasteiger partial charge on any atom is -0.334 e. The zero-order valence-electron chi connectivity index (χ0n) is 7.76. The highest BCUT2D eigenvalue weighted by atomic mass is 16.2. The third-order valence-electron chi connectivity index (χ3n) is 2.17. The van der Waals surface area contributed by atoms with Crippen LogP contribution in [0.25, 0.3) is 0 Å². The molecule has 0 aromatic heterocycles. The van der Waals surface area contributed by atoms with E-state index in [4.69, 9.17) is 0 Å². The van der Waals surface area contributed by atoms with E-state index in [0.29, 0.717) is 0 Å². The van der Waals surface area contributed by atoms with Crippen molar-refractivity contribution < 1.29 is 9.59 Å². The third kappa shape index (κ3) is 2.03. The van der Waals surface area contributed by atoms with Crippen molar-refractivity contribution in [3.05, 3.63) is 0 Å². The first-order valence-electron chi connectivity index (χ1n) is 3.55. The zero-order chi connectivity index (χ0) is 9.23. The Balaban J connectivity index is 4.55. The molecule has 0 fully saturated rings. The Bertz CT molecular complexity index is 185. The monoisotopic (exact) mass is 157 g/mol. The summed E-state index contributed by atoms with van der Waals surface area (Å²) in [5.41, 5.74) is -0.675. The quantitative estimate of drug-likeness (QED) is 0.595. The molecule has 0 saturated carbocycles. The van der Waals surface area contributed by atoms with E-state index in [2.05, 4.69) is 0 Å². The molecule has 0 aliphatic heterocycles. The molecule has 0 aromatic rings. The Morgan fingerprint density at radius 1 is 1.18 bits per heavy atom. The Labute approximate surface area is 67.4 Å². The van der Waals surface area contributed by atoms with Gasteiger partial charge in [0.25, 0.3) is 0 Å². The first-order valence-corrected chi connectivity index (χ1v) is 3.55. The van der Waals surface area contributed by atoms with E-state index in [1.54, 1.807) is 20.9 Å². The van der Waals surface area contributed by atoms with Crippen LogP contribution in [0.15, 0.2) is 0 Å². The zero-order valence-corrected chi connectivity index (χ0v) is 7.76. The SMILES string of the molecule is CC(=O)N(C)C(C)(C)C(C)=O. The topological polar surface area (TPSA) is 37.4 Å². The molecule has 0 atom stereocenters. The summed E-state index contributed by atoms with van der Waals surface area (Å²) < 4.78 is 0. The second-order valence-corrected chi connectivity index (χ2v) is 3.19. The van der Waals surface area contributed by atoms with Crippen molar-refractivity contribution in [1.82, 2.24) is 4.90 Å². The molecule has 0 aliphatic carbocycles. The van der Waals surface area contributed by atoms with Crippen LogP contribution in [-0.4, -0.2) is 29.2 Å². The molecule has 0 N–H and O–H groups in total. The Morgan fingerprint density at radius 3 is 1.64 bits per heavy atom. The standard InChI is InChI=1S/C8H15NO2/c1-6(10)8(3,4)9(5)7(2)11/h1-5H3. The highest BCUT2D eigenvalue weighted by Crippen LogP contribution is 2.12. The summed E-state index contributed by atoms with van der Waals surface area (Å²) in [5.74, 6) is -0.0969. The van der Waals surface area contributed by atoms with Gasteiger partial charge in [-0.15, -0.1) is 0 Å². The molecule has 0 radical (unpaired) electrons. The highest BCUT2D eigenvalue weighted by Gasteiger charge is 2.30. The van der Waals surface area contributed by atoms with Crippen LogP contribution in [0, 0.1) is 0 Å². The number of nitrogens with zero attached hydrogens (tertiary/aromatic N) is 1. The van der Waals surface area contributed by atoms with Crippen molar-refractivity contribution in [3.8, 4) is 0 Å². The van der Waals surface area contributed by atoms with Gasteiger partial charge in [-0.1, -0.05) is 0 Å². The van der Waals surface area contributed by atoms with Gasteiger partial charge in [0.15, 0.2) is 5.78 Å². The van der Waals surface area contributed by atoms with Crippen LogP contribution in [0.3, 0.4) is 0 Å². The minimum atomic E-state index is -0.675. The molecule has 0 saturated heterocycles. The van der Waals surface area contributed by atoms with E-state index in [0.717, 1.165) is 0 Å². The van der Waals surface area contributed by atoms with Gasteiger partial charge in [0, 0.05) is 14.0 Å². The van der Waals surface area contributed by atoms with Crippen LogP contribution >= 0.6 is 0 Å². The maximum Gasteiger partial charge on any atom is 0.219 e. The highest BCUT2D eigenvalue weighted by molar-refractivity contribution is 5.89. The Morgan fingerprint density at radius 2 is 1.55 bits per heavy atom. The van der Waals surface area contributed by atoms with Crippen LogP contribution in [0.2, 0.25) is 0 Å². The number of likely N-dealkylation sites (N-methyl/N-ethyl adjacent to an activating group) is 1. The Kier molecular flexibility index (Phi) is 2.79. The minimum absolute atomic E-state index is 0.00444. The van der Waals surface area contributed by atoms with Gasteiger partial charge in [-0.25, -0.2) is 0 Å². The van der Waals surface area contributed by atoms with Crippen molar-refractivity contribution in [2.75, 3.05) is 7.05 Å². The summed E-state index contributed by atoms with van der Waals surface area (Å²) >= 11 is 0. The lowest BCUT2D eigenvalue weighted by molar-refractivity contribution is -0.140. The van der Waals surface area contributed by atoms with Crippen LogP contribution in [0.1, 0.15) is 27.7 Å². The average Bonchev–Trinajstić information content (AvgIpc) is 1.85. The molecule has 0 unspecified atom stereocenters. The van der Waals surface area contributed by atoms with Gasteiger partial charge in [0.05, 0.1) is 5.54 Å². The van der Waals surface area contributed by atoms with Gasteiger partial charge in [-0.2, -0.15) is 0 Å². The molecule has 0 rings (SSSR count). The van der Waals surface area contributed by atoms with Gasteiger partial charge in [-0.3, -0.25) is 9.59 Å².